The molecule has 17 heavy (non-hydrogen) atoms. The number of carboxylic acid groups (broad SMARTS) is 1. The van der Waals surface area contributed by atoms with Crippen LogP contribution in [0.3, 0.4) is 0 Å². The molecule has 1 unspecified atom stereocenters. The highest BCUT2D eigenvalue weighted by atomic mass is 32.1. The maximum atomic E-state index is 11.1. The molecule has 0 fully saturated rings. The Kier molecular flexibility index (Phi) is 3.99. The van der Waals surface area contributed by atoms with Crippen molar-refractivity contribution in [2.75, 3.05) is 5.73 Å². The predicted molar refractivity (Wildman–Crippen MR) is 60.4 cm³/mol. The van der Waals surface area contributed by atoms with Crippen LogP contribution in [-0.4, -0.2) is 33.8 Å². The van der Waals surface area contributed by atoms with Crippen molar-refractivity contribution in [3.8, 4) is 0 Å². The van der Waals surface area contributed by atoms with E-state index in [2.05, 4.69) is 15.0 Å². The first-order valence-corrected chi connectivity index (χ1v) is 5.27. The molecule has 0 spiro atoms. The molecule has 0 aromatic carbocycles. The van der Waals surface area contributed by atoms with Gasteiger partial charge >= 0.3 is 5.97 Å². The first-order valence-electron chi connectivity index (χ1n) is 4.39. The van der Waals surface area contributed by atoms with E-state index < -0.39 is 18.0 Å². The molecule has 5 N–H and O–H groups in total. The number of oxime groups is 1. The van der Waals surface area contributed by atoms with Crippen molar-refractivity contribution >= 4 is 34.1 Å². The maximum absolute atomic E-state index is 11.1. The third-order valence-electron chi connectivity index (χ3n) is 1.65. The Labute approximate surface area is 99.9 Å². The molecule has 8 nitrogen and oxygen atoms in total. The second-order valence-corrected chi connectivity index (χ2v) is 3.85. The van der Waals surface area contributed by atoms with E-state index in [-0.39, 0.29) is 16.5 Å². The molecule has 1 aromatic rings. The lowest BCUT2D eigenvalue weighted by atomic mass is 10.3. The molecule has 0 aliphatic carbocycles. The zero-order valence-electron chi connectivity index (χ0n) is 8.78. The fourth-order valence-electron chi connectivity index (χ4n) is 0.791. The lowest BCUT2D eigenvalue weighted by Crippen LogP contribution is -2.26. The van der Waals surface area contributed by atoms with Gasteiger partial charge in [-0.3, -0.25) is 4.79 Å². The van der Waals surface area contributed by atoms with Gasteiger partial charge in [-0.1, -0.05) is 5.16 Å². The number of thiazole rings is 1. The minimum atomic E-state index is -1.21. The molecule has 0 saturated carbocycles. The van der Waals surface area contributed by atoms with Gasteiger partial charge in [0, 0.05) is 5.38 Å². The normalized spacial score (nSPS) is 13.1. The Morgan fingerprint density at radius 1 is 1.65 bits per heavy atom. The van der Waals surface area contributed by atoms with Crippen LogP contribution in [0.2, 0.25) is 0 Å². The average molecular weight is 258 g/mol. The quantitative estimate of drug-likeness (QED) is 0.476. The molecular weight excluding hydrogens is 248 g/mol. The zero-order valence-corrected chi connectivity index (χ0v) is 9.60. The predicted octanol–water partition coefficient (Wildman–Crippen LogP) is -0.596. The van der Waals surface area contributed by atoms with Gasteiger partial charge < -0.3 is 21.4 Å². The summed E-state index contributed by atoms with van der Waals surface area (Å²) in [5.74, 6) is -2.09. The summed E-state index contributed by atoms with van der Waals surface area (Å²) < 4.78 is 0. The van der Waals surface area contributed by atoms with Crippen LogP contribution >= 0.6 is 11.3 Å². The highest BCUT2D eigenvalue weighted by Crippen LogP contribution is 2.12. The van der Waals surface area contributed by atoms with Crippen LogP contribution in [0.4, 0.5) is 5.13 Å². The van der Waals surface area contributed by atoms with Crippen molar-refractivity contribution in [3.63, 3.8) is 0 Å². The van der Waals surface area contributed by atoms with Gasteiger partial charge in [0.2, 0.25) is 6.10 Å². The second-order valence-electron chi connectivity index (χ2n) is 2.96. The van der Waals surface area contributed by atoms with Gasteiger partial charge in [0.15, 0.2) is 10.8 Å². The molecule has 0 saturated heterocycles. The van der Waals surface area contributed by atoms with Gasteiger partial charge in [0.1, 0.15) is 5.69 Å². The molecule has 0 aliphatic heterocycles. The topological polar surface area (TPSA) is 141 Å². The largest absolute Gasteiger partial charge is 0.478 e. The van der Waals surface area contributed by atoms with Crippen molar-refractivity contribution in [2.45, 2.75) is 13.0 Å². The molecule has 1 amide bonds. The molecule has 1 aromatic heterocycles. The number of carboxylic acids is 1. The van der Waals surface area contributed by atoms with Crippen LogP contribution in [0.25, 0.3) is 0 Å². The SMILES string of the molecule is CC(O/N=C(\C(N)=O)c1csc(N)n1)C(=O)O. The number of hydrogen-bond donors (Lipinski definition) is 3. The number of anilines is 1. The van der Waals surface area contributed by atoms with Gasteiger partial charge in [-0.05, 0) is 6.92 Å². The van der Waals surface area contributed by atoms with Crippen LogP contribution in [0, 0.1) is 0 Å². The van der Waals surface area contributed by atoms with E-state index in [0.29, 0.717) is 0 Å². The van der Waals surface area contributed by atoms with Gasteiger partial charge in [-0.15, -0.1) is 11.3 Å². The summed E-state index contributed by atoms with van der Waals surface area (Å²) in [6, 6.07) is 0. The van der Waals surface area contributed by atoms with Crippen molar-refractivity contribution in [3.05, 3.63) is 11.1 Å². The number of nitrogens with two attached hydrogens (primary N) is 2. The Balaban J connectivity index is 2.90. The van der Waals surface area contributed by atoms with E-state index in [0.717, 1.165) is 11.3 Å². The Morgan fingerprint density at radius 3 is 2.71 bits per heavy atom. The van der Waals surface area contributed by atoms with E-state index in [1.54, 1.807) is 0 Å². The number of amides is 1. The van der Waals surface area contributed by atoms with Gasteiger partial charge in [-0.25, -0.2) is 9.78 Å². The summed E-state index contributed by atoms with van der Waals surface area (Å²) in [7, 11) is 0. The first kappa shape index (κ1) is 12.9. The third kappa shape index (κ3) is 3.41. The van der Waals surface area contributed by atoms with Crippen LogP contribution in [-0.2, 0) is 14.4 Å². The molecule has 92 valence electrons. The minimum absolute atomic E-state index is 0.151. The van der Waals surface area contributed by atoms with Crippen LogP contribution in [0.1, 0.15) is 12.6 Å². The van der Waals surface area contributed by atoms with Crippen LogP contribution < -0.4 is 11.5 Å². The summed E-state index contributed by atoms with van der Waals surface area (Å²) in [4.78, 5) is 30.0. The average Bonchev–Trinajstić information content (AvgIpc) is 2.64. The molecule has 9 heteroatoms. The summed E-state index contributed by atoms with van der Waals surface area (Å²) in [6.07, 6.45) is -1.19. The third-order valence-corrected chi connectivity index (χ3v) is 2.32. The highest BCUT2D eigenvalue weighted by Gasteiger charge is 2.17. The summed E-state index contributed by atoms with van der Waals surface area (Å²) in [5.41, 5.74) is 10.3. The number of aliphatic carboxylic acids is 1. The molecule has 0 aliphatic rings. The number of nitrogen functional groups attached to an aromatic ring is 1. The number of nitrogens with zero attached hydrogens (tertiary/aromatic N) is 2. The summed E-state index contributed by atoms with van der Waals surface area (Å²) in [5, 5.41) is 13.6. The Morgan fingerprint density at radius 2 is 2.29 bits per heavy atom. The fraction of sp³-hybridized carbons (Fsp3) is 0.250. The van der Waals surface area contributed by atoms with E-state index in [1.165, 1.54) is 12.3 Å². The number of hydrogen-bond acceptors (Lipinski definition) is 7. The number of primary amides is 1. The molecule has 1 heterocycles. The minimum Gasteiger partial charge on any atom is -0.478 e. The summed E-state index contributed by atoms with van der Waals surface area (Å²) >= 11 is 1.10. The van der Waals surface area contributed by atoms with E-state index >= 15 is 0 Å². The van der Waals surface area contributed by atoms with Crippen LogP contribution in [0.5, 0.6) is 0 Å². The van der Waals surface area contributed by atoms with E-state index in [1.807, 2.05) is 0 Å². The number of rotatable bonds is 5. The molecule has 1 atom stereocenters. The monoisotopic (exact) mass is 258 g/mol. The van der Waals surface area contributed by atoms with Crippen molar-refractivity contribution in [1.29, 1.82) is 0 Å². The molecule has 1 rings (SSSR count). The van der Waals surface area contributed by atoms with Crippen LogP contribution in [0.15, 0.2) is 10.5 Å². The van der Waals surface area contributed by atoms with Gasteiger partial charge in [0.05, 0.1) is 0 Å². The fourth-order valence-corrected chi connectivity index (χ4v) is 1.34. The molecular formula is C8H10N4O4S. The number of aromatic nitrogens is 1. The number of carbonyl (C=O) groups excluding carboxylic acids is 1. The zero-order chi connectivity index (χ0) is 13.0. The summed E-state index contributed by atoms with van der Waals surface area (Å²) in [6.45, 7) is 1.26. The Bertz CT molecular complexity index is 470. The van der Waals surface area contributed by atoms with Gasteiger partial charge in [-0.2, -0.15) is 0 Å². The molecule has 0 bridgehead atoms. The Hall–Kier alpha value is -2.16. The van der Waals surface area contributed by atoms with Crippen molar-refractivity contribution in [2.24, 2.45) is 10.9 Å². The first-order chi connectivity index (χ1) is 7.91. The maximum Gasteiger partial charge on any atom is 0.347 e. The lowest BCUT2D eigenvalue weighted by Gasteiger charge is -2.04. The number of carbonyl (C=O) groups is 2. The standard InChI is InChI=1S/C8H10N4O4S/c1-3(7(14)15)16-12-5(6(9)13)4-2-17-8(10)11-4/h2-3H,1H3,(H2,9,13)(H2,10,11)(H,14,15)/b12-5-. The van der Waals surface area contributed by atoms with Crippen molar-refractivity contribution in [1.82, 2.24) is 4.98 Å². The molecule has 0 radical (unpaired) electrons. The lowest BCUT2D eigenvalue weighted by molar-refractivity contribution is -0.149. The highest BCUT2D eigenvalue weighted by molar-refractivity contribution is 7.13. The smallest absolute Gasteiger partial charge is 0.347 e. The van der Waals surface area contributed by atoms with Crippen molar-refractivity contribution < 1.29 is 19.5 Å². The van der Waals surface area contributed by atoms with Gasteiger partial charge in [0.25, 0.3) is 5.91 Å². The van der Waals surface area contributed by atoms with E-state index in [4.69, 9.17) is 16.6 Å². The van der Waals surface area contributed by atoms with E-state index in [9.17, 15) is 9.59 Å². The second kappa shape index (κ2) is 5.25.